The number of furan rings is 1. The second-order valence-corrected chi connectivity index (χ2v) is 17.2. The number of aromatic nitrogens is 4. The van der Waals surface area contributed by atoms with Crippen LogP contribution in [0.2, 0.25) is 0 Å². The van der Waals surface area contributed by atoms with Gasteiger partial charge < -0.3 is 8.98 Å². The molecular formula is C64H44N4O. The summed E-state index contributed by atoms with van der Waals surface area (Å²) in [6.45, 7) is 6.45. The van der Waals surface area contributed by atoms with Crippen molar-refractivity contribution in [3.8, 4) is 78.7 Å². The smallest absolute Gasteiger partial charge is 0.167 e. The van der Waals surface area contributed by atoms with Gasteiger partial charge in [0.15, 0.2) is 17.5 Å². The molecule has 326 valence electrons. The van der Waals surface area contributed by atoms with Crippen molar-refractivity contribution in [2.45, 2.75) is 6.92 Å². The number of para-hydroxylation sites is 2. The van der Waals surface area contributed by atoms with Crippen molar-refractivity contribution >= 4 is 49.4 Å². The SMILES string of the molecule is C=C(/C=C\C=C/C)n1c2ccccc2c2cc(-c3ccc4oc5c(-c6nc(-c7ccccc7)nc(-c7cccc(-c8cc(-c9ccccc9)cc(-c9ccccc9)c8)c7)n6)cccc5c4c3)ccc21. The maximum Gasteiger partial charge on any atom is 0.167 e. The Balaban J connectivity index is 0.960. The molecule has 0 bridgehead atoms. The summed E-state index contributed by atoms with van der Waals surface area (Å²) in [6, 6.07) is 74.4. The summed E-state index contributed by atoms with van der Waals surface area (Å²) in [5.41, 5.74) is 16.3. The number of nitrogens with zero attached hydrogens (tertiary/aromatic N) is 4. The molecule has 0 aliphatic rings. The molecule has 0 radical (unpaired) electrons. The van der Waals surface area contributed by atoms with Crippen LogP contribution in [0.1, 0.15) is 6.92 Å². The van der Waals surface area contributed by atoms with Crippen LogP contribution in [0.15, 0.2) is 248 Å². The second-order valence-electron chi connectivity index (χ2n) is 17.2. The highest BCUT2D eigenvalue weighted by atomic mass is 16.3. The zero-order chi connectivity index (χ0) is 46.3. The molecule has 9 aromatic carbocycles. The predicted octanol–water partition coefficient (Wildman–Crippen LogP) is 17.2. The Morgan fingerprint density at radius 1 is 0.406 bits per heavy atom. The maximum absolute atomic E-state index is 6.77. The molecule has 0 atom stereocenters. The Morgan fingerprint density at radius 3 is 1.62 bits per heavy atom. The third-order valence-corrected chi connectivity index (χ3v) is 12.9. The molecule has 0 unspecified atom stereocenters. The van der Waals surface area contributed by atoms with Crippen molar-refractivity contribution in [2.24, 2.45) is 0 Å². The van der Waals surface area contributed by atoms with Gasteiger partial charge in [0, 0.05) is 38.4 Å². The number of fused-ring (bicyclic) bond motifs is 6. The lowest BCUT2D eigenvalue weighted by Crippen LogP contribution is -2.00. The van der Waals surface area contributed by atoms with Crippen LogP contribution in [-0.4, -0.2) is 19.5 Å². The van der Waals surface area contributed by atoms with Crippen LogP contribution in [0.25, 0.3) is 128 Å². The molecule has 3 heterocycles. The molecule has 0 N–H and O–H groups in total. The Morgan fingerprint density at radius 2 is 0.913 bits per heavy atom. The topological polar surface area (TPSA) is 56.7 Å². The highest BCUT2D eigenvalue weighted by molar-refractivity contribution is 6.13. The van der Waals surface area contributed by atoms with Crippen LogP contribution in [0.3, 0.4) is 0 Å². The van der Waals surface area contributed by atoms with E-state index in [1.54, 1.807) is 0 Å². The summed E-state index contributed by atoms with van der Waals surface area (Å²) < 4.78 is 9.00. The van der Waals surface area contributed by atoms with Gasteiger partial charge in [-0.15, -0.1) is 0 Å². The van der Waals surface area contributed by atoms with E-state index in [-0.39, 0.29) is 0 Å². The molecule has 12 aromatic rings. The van der Waals surface area contributed by atoms with E-state index in [1.807, 2.05) is 61.5 Å². The maximum atomic E-state index is 6.77. The van der Waals surface area contributed by atoms with E-state index >= 15 is 0 Å². The molecule has 69 heavy (non-hydrogen) atoms. The number of hydrogen-bond acceptors (Lipinski definition) is 4. The van der Waals surface area contributed by atoms with E-state index in [0.717, 1.165) is 99.9 Å². The Bertz CT molecular complexity index is 3920. The minimum absolute atomic E-state index is 0.538. The van der Waals surface area contributed by atoms with Gasteiger partial charge >= 0.3 is 0 Å². The van der Waals surface area contributed by atoms with Crippen LogP contribution in [0, 0.1) is 0 Å². The molecule has 12 rings (SSSR count). The van der Waals surface area contributed by atoms with E-state index in [9.17, 15) is 0 Å². The van der Waals surface area contributed by atoms with Gasteiger partial charge in [-0.2, -0.15) is 0 Å². The van der Waals surface area contributed by atoms with E-state index < -0.39 is 0 Å². The zero-order valence-electron chi connectivity index (χ0n) is 37.9. The zero-order valence-corrected chi connectivity index (χ0v) is 37.9. The van der Waals surface area contributed by atoms with Gasteiger partial charge in [-0.1, -0.05) is 176 Å². The molecule has 0 fully saturated rings. The number of hydrogen-bond donors (Lipinski definition) is 0. The first-order chi connectivity index (χ1) is 34.1. The summed E-state index contributed by atoms with van der Waals surface area (Å²) in [6.07, 6.45) is 8.12. The van der Waals surface area contributed by atoms with Crippen molar-refractivity contribution in [1.29, 1.82) is 0 Å². The number of benzene rings is 9. The van der Waals surface area contributed by atoms with Crippen molar-refractivity contribution in [3.63, 3.8) is 0 Å². The van der Waals surface area contributed by atoms with Crippen LogP contribution in [0.4, 0.5) is 0 Å². The molecule has 0 saturated carbocycles. The number of rotatable bonds is 10. The molecule has 0 aliphatic heterocycles. The summed E-state index contributed by atoms with van der Waals surface area (Å²) in [4.78, 5) is 15.5. The second kappa shape index (κ2) is 17.6. The average molecular weight is 885 g/mol. The van der Waals surface area contributed by atoms with Crippen LogP contribution in [-0.2, 0) is 0 Å². The molecule has 5 nitrogen and oxygen atoms in total. The third kappa shape index (κ3) is 7.72. The first kappa shape index (κ1) is 41.3. The normalized spacial score (nSPS) is 11.8. The fraction of sp³-hybridized carbons (Fsp3) is 0.0156. The lowest BCUT2D eigenvalue weighted by atomic mass is 9.93. The third-order valence-electron chi connectivity index (χ3n) is 12.9. The van der Waals surface area contributed by atoms with Gasteiger partial charge in [-0.3, -0.25) is 0 Å². The molecule has 0 aliphatic carbocycles. The van der Waals surface area contributed by atoms with Crippen molar-refractivity contribution < 1.29 is 4.42 Å². The minimum Gasteiger partial charge on any atom is -0.455 e. The summed E-state index contributed by atoms with van der Waals surface area (Å²) in [5, 5.41) is 4.37. The molecule has 0 spiro atoms. The average Bonchev–Trinajstić information content (AvgIpc) is 3.97. The lowest BCUT2D eigenvalue weighted by molar-refractivity contribution is 0.669. The number of allylic oxidation sites excluding steroid dienone is 5. The van der Waals surface area contributed by atoms with Crippen LogP contribution < -0.4 is 0 Å². The Kier molecular flexibility index (Phi) is 10.5. The van der Waals surface area contributed by atoms with Gasteiger partial charge in [-0.25, -0.2) is 15.0 Å². The van der Waals surface area contributed by atoms with Gasteiger partial charge in [0.1, 0.15) is 11.2 Å². The largest absolute Gasteiger partial charge is 0.455 e. The molecule has 0 saturated heterocycles. The Hall–Kier alpha value is -9.19. The first-order valence-corrected chi connectivity index (χ1v) is 23.2. The van der Waals surface area contributed by atoms with Crippen LogP contribution in [0.5, 0.6) is 0 Å². The highest BCUT2D eigenvalue weighted by Crippen LogP contribution is 2.40. The summed E-state index contributed by atoms with van der Waals surface area (Å²) >= 11 is 0. The van der Waals surface area contributed by atoms with Crippen LogP contribution >= 0.6 is 0 Å². The van der Waals surface area contributed by atoms with E-state index in [2.05, 4.69) is 193 Å². The molecular weight excluding hydrogens is 841 g/mol. The minimum atomic E-state index is 0.538. The monoisotopic (exact) mass is 884 g/mol. The standard InChI is InChI=1S/C64H44N4O/c1-3-4-8-19-42(2)68-58-31-16-15-28-53(58)56-40-47(32-34-59(56)68)48-33-35-60-57(41-48)54-29-18-30-55(61(54)69-60)64-66-62(45-24-13-7-14-25-45)65-63(67-64)49-27-17-26-46(36-49)52-38-50(43-20-9-5-10-21-43)37-51(39-52)44-22-11-6-12-23-44/h3-41H,2H2,1H3/b4-3-,19-8-. The fourth-order valence-corrected chi connectivity index (χ4v) is 9.54. The fourth-order valence-electron chi connectivity index (χ4n) is 9.54. The first-order valence-electron chi connectivity index (χ1n) is 23.2. The van der Waals surface area contributed by atoms with E-state index in [1.165, 1.54) is 10.8 Å². The Labute approximate surface area is 400 Å². The van der Waals surface area contributed by atoms with Gasteiger partial charge in [0.2, 0.25) is 0 Å². The van der Waals surface area contributed by atoms with Gasteiger partial charge in [-0.05, 0) is 118 Å². The van der Waals surface area contributed by atoms with Crippen molar-refractivity contribution in [1.82, 2.24) is 19.5 Å². The summed E-state index contributed by atoms with van der Waals surface area (Å²) in [7, 11) is 0. The van der Waals surface area contributed by atoms with Gasteiger partial charge in [0.25, 0.3) is 0 Å². The van der Waals surface area contributed by atoms with E-state index in [0.29, 0.717) is 17.5 Å². The molecule has 3 aromatic heterocycles. The molecule has 0 amide bonds. The summed E-state index contributed by atoms with van der Waals surface area (Å²) in [5.74, 6) is 1.70. The van der Waals surface area contributed by atoms with Crippen molar-refractivity contribution in [2.75, 3.05) is 0 Å². The van der Waals surface area contributed by atoms with Crippen molar-refractivity contribution in [3.05, 3.63) is 243 Å². The lowest BCUT2D eigenvalue weighted by Gasteiger charge is -2.13. The van der Waals surface area contributed by atoms with E-state index in [4.69, 9.17) is 19.4 Å². The quantitative estimate of drug-likeness (QED) is 0.128. The predicted molar refractivity (Wildman–Crippen MR) is 287 cm³/mol. The van der Waals surface area contributed by atoms with Gasteiger partial charge in [0.05, 0.1) is 16.6 Å². The molecule has 5 heteroatoms. The highest BCUT2D eigenvalue weighted by Gasteiger charge is 2.20.